The highest BCUT2D eigenvalue weighted by Crippen LogP contribution is 2.46. The number of nitrogens with zero attached hydrogens (tertiary/aromatic N) is 2. The first kappa shape index (κ1) is 20.5. The molecule has 0 unspecified atom stereocenters. The summed E-state index contributed by atoms with van der Waals surface area (Å²) in [6.07, 6.45) is -3.07. The lowest BCUT2D eigenvalue weighted by atomic mass is 10.1. The first-order chi connectivity index (χ1) is 14.2. The molecule has 2 aliphatic rings. The van der Waals surface area contributed by atoms with E-state index in [0.717, 1.165) is 25.0 Å². The second-order valence-corrected chi connectivity index (χ2v) is 9.05. The van der Waals surface area contributed by atoms with Crippen LogP contribution in [0, 0.1) is 0 Å². The maximum Gasteiger partial charge on any atom is 0.416 e. The van der Waals surface area contributed by atoms with Crippen molar-refractivity contribution in [3.8, 4) is 0 Å². The number of alkyl halides is 3. The van der Waals surface area contributed by atoms with Gasteiger partial charge in [0.25, 0.3) is 0 Å². The first-order valence-corrected chi connectivity index (χ1v) is 10.9. The number of hydrogen-bond donors (Lipinski definition) is 1. The number of carbonyl (C=O) groups excluding carboxylic acids is 1. The molecule has 30 heavy (non-hydrogen) atoms. The highest BCUT2D eigenvalue weighted by atomic mass is 32.2. The average Bonchev–Trinajstić information content (AvgIpc) is 3.47. The Labute approximate surface area is 172 Å². The van der Waals surface area contributed by atoms with Crippen LogP contribution in [-0.2, 0) is 27.6 Å². The van der Waals surface area contributed by atoms with Crippen molar-refractivity contribution >= 4 is 27.5 Å². The predicted octanol–water partition coefficient (Wildman–Crippen LogP) is 3.10. The van der Waals surface area contributed by atoms with E-state index in [0.29, 0.717) is 11.4 Å². The molecule has 1 aliphatic heterocycles. The Morgan fingerprint density at radius 1 is 1.07 bits per heavy atom. The normalized spacial score (nSPS) is 17.7. The molecule has 1 aliphatic carbocycles. The number of halogens is 3. The van der Waals surface area contributed by atoms with E-state index in [1.54, 1.807) is 24.3 Å². The molecule has 160 valence electrons. The minimum atomic E-state index is -4.47. The summed E-state index contributed by atoms with van der Waals surface area (Å²) in [7, 11) is -3.71. The van der Waals surface area contributed by atoms with Crippen LogP contribution in [0.15, 0.2) is 48.5 Å². The molecule has 0 radical (unpaired) electrons. The number of hydrogen-bond acceptors (Lipinski definition) is 3. The fourth-order valence-corrected chi connectivity index (χ4v) is 5.48. The zero-order chi connectivity index (χ0) is 21.5. The minimum Gasteiger partial charge on any atom is -0.354 e. The number of fused-ring (bicyclic) bond motifs is 1. The molecule has 0 bridgehead atoms. The smallest absolute Gasteiger partial charge is 0.354 e. The van der Waals surface area contributed by atoms with Crippen molar-refractivity contribution in [2.45, 2.75) is 31.5 Å². The van der Waals surface area contributed by atoms with Gasteiger partial charge in [0.05, 0.1) is 29.9 Å². The van der Waals surface area contributed by atoms with Gasteiger partial charge in [0.1, 0.15) is 0 Å². The molecular formula is C20H20F3N3O3S. The van der Waals surface area contributed by atoms with Crippen LogP contribution in [0.1, 0.15) is 24.0 Å². The summed E-state index contributed by atoms with van der Waals surface area (Å²) in [6, 6.07) is 11.6. The molecule has 0 spiro atoms. The van der Waals surface area contributed by atoms with Crippen LogP contribution in [0.25, 0.3) is 0 Å². The highest BCUT2D eigenvalue weighted by Gasteiger charge is 2.47. The summed E-state index contributed by atoms with van der Waals surface area (Å²) < 4.78 is 67.0. The zero-order valence-corrected chi connectivity index (χ0v) is 16.7. The van der Waals surface area contributed by atoms with E-state index in [1.165, 1.54) is 20.7 Å². The van der Waals surface area contributed by atoms with Crippen LogP contribution in [0.2, 0.25) is 0 Å². The highest BCUT2D eigenvalue weighted by molar-refractivity contribution is 7.94. The Hall–Kier alpha value is -2.75. The van der Waals surface area contributed by atoms with E-state index in [-0.39, 0.29) is 31.1 Å². The second-order valence-electron chi connectivity index (χ2n) is 7.32. The van der Waals surface area contributed by atoms with Crippen LogP contribution in [0.4, 0.5) is 24.5 Å². The lowest BCUT2D eigenvalue weighted by Crippen LogP contribution is -2.43. The molecule has 1 heterocycles. The fourth-order valence-electron chi connectivity index (χ4n) is 3.55. The van der Waals surface area contributed by atoms with Crippen LogP contribution in [0.5, 0.6) is 0 Å². The molecule has 1 saturated carbocycles. The largest absolute Gasteiger partial charge is 0.416 e. The van der Waals surface area contributed by atoms with Crippen molar-refractivity contribution in [1.82, 2.24) is 5.32 Å². The summed E-state index contributed by atoms with van der Waals surface area (Å²) in [5.41, 5.74) is 0.626. The number of amides is 1. The van der Waals surface area contributed by atoms with Crippen molar-refractivity contribution in [3.05, 3.63) is 59.7 Å². The van der Waals surface area contributed by atoms with Crippen LogP contribution < -0.4 is 13.9 Å². The predicted molar refractivity (Wildman–Crippen MR) is 106 cm³/mol. The second kappa shape index (κ2) is 7.50. The van der Waals surface area contributed by atoms with Crippen molar-refractivity contribution < 1.29 is 26.4 Å². The fraction of sp³-hybridized carbons (Fsp3) is 0.350. The van der Waals surface area contributed by atoms with Gasteiger partial charge in [0.15, 0.2) is 0 Å². The molecule has 4 rings (SSSR count). The maximum absolute atomic E-state index is 13.0. The van der Waals surface area contributed by atoms with Crippen molar-refractivity contribution in [1.29, 1.82) is 0 Å². The standard InChI is InChI=1S/C20H20F3N3O3S/c21-20(22,23)15-5-3-4-14(12-15)13-19(27)24-10-11-25-17-6-1-2-7-18(17)26(16-8-9-16)30(25,28)29/h1-7,12,16H,8-11,13H2,(H,24,27). The topological polar surface area (TPSA) is 69.7 Å². The SMILES string of the molecule is O=C(Cc1cccc(C(F)(F)F)c1)NCCN1c2ccccc2N(C2CC2)S1(=O)=O. The third-order valence-corrected chi connectivity index (χ3v) is 6.98. The van der Waals surface area contributed by atoms with E-state index in [9.17, 15) is 26.4 Å². The molecule has 2 aromatic carbocycles. The third-order valence-electron chi connectivity index (χ3n) is 5.05. The van der Waals surface area contributed by atoms with Gasteiger partial charge in [-0.3, -0.25) is 4.79 Å². The minimum absolute atomic E-state index is 0.0309. The molecule has 1 fully saturated rings. The summed E-state index contributed by atoms with van der Waals surface area (Å²) >= 11 is 0. The van der Waals surface area contributed by atoms with E-state index < -0.39 is 27.9 Å². The van der Waals surface area contributed by atoms with Gasteiger partial charge in [-0.1, -0.05) is 30.3 Å². The molecule has 0 atom stereocenters. The van der Waals surface area contributed by atoms with Crippen molar-refractivity contribution in [3.63, 3.8) is 0 Å². The van der Waals surface area contributed by atoms with E-state index in [1.807, 2.05) is 0 Å². The molecule has 1 N–H and O–H groups in total. The van der Waals surface area contributed by atoms with Crippen molar-refractivity contribution in [2.24, 2.45) is 0 Å². The Bertz CT molecular complexity index is 1070. The Morgan fingerprint density at radius 2 is 1.77 bits per heavy atom. The lowest BCUT2D eigenvalue weighted by Gasteiger charge is -2.21. The summed E-state index contributed by atoms with van der Waals surface area (Å²) in [4.78, 5) is 12.2. The van der Waals surface area contributed by atoms with E-state index in [2.05, 4.69) is 5.32 Å². The van der Waals surface area contributed by atoms with Crippen LogP contribution in [0.3, 0.4) is 0 Å². The molecule has 0 aromatic heterocycles. The van der Waals surface area contributed by atoms with Gasteiger partial charge < -0.3 is 5.32 Å². The Kier molecular flexibility index (Phi) is 5.13. The van der Waals surface area contributed by atoms with Gasteiger partial charge >= 0.3 is 16.4 Å². The number of carbonyl (C=O) groups is 1. The Balaban J connectivity index is 1.39. The quantitative estimate of drug-likeness (QED) is 0.752. The van der Waals surface area contributed by atoms with Gasteiger partial charge in [0.2, 0.25) is 5.91 Å². The number of nitrogens with one attached hydrogen (secondary N) is 1. The van der Waals surface area contributed by atoms with Crippen LogP contribution in [-0.4, -0.2) is 33.5 Å². The van der Waals surface area contributed by atoms with Crippen LogP contribution >= 0.6 is 0 Å². The summed E-state index contributed by atoms with van der Waals surface area (Å²) in [5.74, 6) is -0.474. The molecule has 0 saturated heterocycles. The number of anilines is 2. The zero-order valence-electron chi connectivity index (χ0n) is 15.9. The van der Waals surface area contributed by atoms with Gasteiger partial charge in [0, 0.05) is 12.6 Å². The van der Waals surface area contributed by atoms with Gasteiger partial charge in [-0.2, -0.15) is 21.6 Å². The molecule has 6 nitrogen and oxygen atoms in total. The first-order valence-electron chi connectivity index (χ1n) is 9.52. The summed E-state index contributed by atoms with van der Waals surface area (Å²) in [6.45, 7) is 0.0841. The van der Waals surface area contributed by atoms with E-state index >= 15 is 0 Å². The average molecular weight is 439 g/mol. The lowest BCUT2D eigenvalue weighted by molar-refractivity contribution is -0.137. The third kappa shape index (κ3) is 3.96. The molecule has 2 aromatic rings. The number of para-hydroxylation sites is 2. The monoisotopic (exact) mass is 439 g/mol. The van der Waals surface area contributed by atoms with E-state index in [4.69, 9.17) is 0 Å². The molecule has 1 amide bonds. The molecular weight excluding hydrogens is 419 g/mol. The summed E-state index contributed by atoms with van der Waals surface area (Å²) in [5, 5.41) is 2.60. The number of rotatable bonds is 6. The Morgan fingerprint density at radius 3 is 2.43 bits per heavy atom. The number of benzene rings is 2. The van der Waals surface area contributed by atoms with Gasteiger partial charge in [-0.25, -0.2) is 8.61 Å². The molecule has 10 heteroatoms. The van der Waals surface area contributed by atoms with Crippen molar-refractivity contribution in [2.75, 3.05) is 21.7 Å². The van der Waals surface area contributed by atoms with Gasteiger partial charge in [-0.15, -0.1) is 0 Å². The van der Waals surface area contributed by atoms with Gasteiger partial charge in [-0.05, 0) is 36.6 Å². The maximum atomic E-state index is 13.0.